The van der Waals surface area contributed by atoms with E-state index in [1.807, 2.05) is 7.05 Å². The number of aryl methyl sites for hydroxylation is 1. The topological polar surface area (TPSA) is 76.2 Å². The molecule has 0 spiro atoms. The largest absolute Gasteiger partial charge is 0.406 e. The minimum atomic E-state index is -0.398. The summed E-state index contributed by atoms with van der Waals surface area (Å²) in [5.74, 6) is 1.12. The van der Waals surface area contributed by atoms with E-state index in [0.29, 0.717) is 17.8 Å². The van der Waals surface area contributed by atoms with Gasteiger partial charge in [0.15, 0.2) is 0 Å². The molecule has 0 radical (unpaired) electrons. The maximum absolute atomic E-state index is 11.1. The normalized spacial score (nSPS) is 19.6. The molecule has 1 fully saturated rings. The van der Waals surface area contributed by atoms with Crippen LogP contribution in [0.2, 0.25) is 0 Å². The van der Waals surface area contributed by atoms with Crippen LogP contribution in [0.1, 0.15) is 26.7 Å². The minimum Gasteiger partial charge on any atom is -0.358 e. The highest BCUT2D eigenvalue weighted by atomic mass is 16.6. The third kappa shape index (κ3) is 3.27. The van der Waals surface area contributed by atoms with Crippen LogP contribution in [-0.2, 0) is 7.05 Å². The summed E-state index contributed by atoms with van der Waals surface area (Å²) in [5.41, 5.74) is 0. The average Bonchev–Trinajstić information content (AvgIpc) is 2.79. The maximum Gasteiger partial charge on any atom is 0.406 e. The molecule has 1 aliphatic rings. The number of nitrogens with one attached hydrogen (secondary N) is 1. The molecule has 0 saturated carbocycles. The second kappa shape index (κ2) is 6.21. The highest BCUT2D eigenvalue weighted by Gasteiger charge is 2.29. The van der Waals surface area contributed by atoms with Gasteiger partial charge < -0.3 is 20.3 Å². The van der Waals surface area contributed by atoms with Crippen molar-refractivity contribution >= 4 is 11.6 Å². The molecular formula is C13H23N5O2. The Hall–Kier alpha value is -1.63. The Balaban J connectivity index is 2.09. The highest BCUT2D eigenvalue weighted by molar-refractivity contribution is 5.54. The van der Waals surface area contributed by atoms with Crippen LogP contribution in [0, 0.1) is 16.0 Å². The molecule has 0 aromatic carbocycles. The predicted octanol–water partition coefficient (Wildman–Crippen LogP) is 1.54. The lowest BCUT2D eigenvalue weighted by Gasteiger charge is -2.34. The molecule has 7 nitrogen and oxygen atoms in total. The van der Waals surface area contributed by atoms with Crippen LogP contribution in [0.15, 0.2) is 6.33 Å². The van der Waals surface area contributed by atoms with Gasteiger partial charge in [0.25, 0.3) is 0 Å². The third-order valence-corrected chi connectivity index (χ3v) is 3.69. The molecule has 20 heavy (non-hydrogen) atoms. The molecule has 1 atom stereocenters. The number of hydrogen-bond donors (Lipinski definition) is 1. The second-order valence-corrected chi connectivity index (χ2v) is 5.78. The van der Waals surface area contributed by atoms with Crippen LogP contribution in [0.5, 0.6) is 0 Å². The molecule has 1 unspecified atom stereocenters. The summed E-state index contributed by atoms with van der Waals surface area (Å²) in [6.07, 6.45) is 3.75. The van der Waals surface area contributed by atoms with Gasteiger partial charge >= 0.3 is 5.82 Å². The molecule has 1 N–H and O–H groups in total. The smallest absolute Gasteiger partial charge is 0.358 e. The number of hydrogen-bond acceptors (Lipinski definition) is 5. The number of nitro groups is 1. The Bertz CT molecular complexity index is 471. The molecule has 112 valence electrons. The fourth-order valence-corrected chi connectivity index (χ4v) is 2.73. The Labute approximate surface area is 119 Å². The zero-order valence-corrected chi connectivity index (χ0v) is 12.4. The summed E-state index contributed by atoms with van der Waals surface area (Å²) in [5, 5.41) is 14.5. The van der Waals surface area contributed by atoms with E-state index in [4.69, 9.17) is 0 Å². The lowest BCUT2D eigenvalue weighted by molar-refractivity contribution is -0.388. The van der Waals surface area contributed by atoms with Crippen molar-refractivity contribution in [2.75, 3.05) is 24.5 Å². The van der Waals surface area contributed by atoms with E-state index in [1.54, 1.807) is 4.57 Å². The molecule has 2 heterocycles. The van der Waals surface area contributed by atoms with Crippen LogP contribution in [0.4, 0.5) is 11.6 Å². The van der Waals surface area contributed by atoms with Crippen LogP contribution in [-0.4, -0.2) is 40.2 Å². The van der Waals surface area contributed by atoms with Crippen molar-refractivity contribution in [3.8, 4) is 0 Å². The van der Waals surface area contributed by atoms with Gasteiger partial charge in [0.05, 0.1) is 0 Å². The molecule has 0 aliphatic carbocycles. The van der Waals surface area contributed by atoms with E-state index in [1.165, 1.54) is 12.7 Å². The van der Waals surface area contributed by atoms with Gasteiger partial charge in [-0.3, -0.25) is 4.57 Å². The molecule has 1 aliphatic heterocycles. The summed E-state index contributed by atoms with van der Waals surface area (Å²) in [6.45, 7) is 6.93. The van der Waals surface area contributed by atoms with Crippen molar-refractivity contribution in [3.63, 3.8) is 0 Å². The Morgan fingerprint density at radius 3 is 3.00 bits per heavy atom. The summed E-state index contributed by atoms with van der Waals surface area (Å²) >= 11 is 0. The quantitative estimate of drug-likeness (QED) is 0.654. The minimum absolute atomic E-state index is 0.0371. The summed E-state index contributed by atoms with van der Waals surface area (Å²) in [7, 11) is 1.81. The van der Waals surface area contributed by atoms with Crippen LogP contribution < -0.4 is 10.2 Å². The third-order valence-electron chi connectivity index (χ3n) is 3.69. The zero-order valence-electron chi connectivity index (χ0n) is 12.4. The van der Waals surface area contributed by atoms with Gasteiger partial charge in [-0.05, 0) is 35.2 Å². The van der Waals surface area contributed by atoms with Gasteiger partial charge in [0.1, 0.15) is 0 Å². The number of nitrogens with zero attached hydrogens (tertiary/aromatic N) is 4. The van der Waals surface area contributed by atoms with E-state index in [-0.39, 0.29) is 5.82 Å². The molecule has 0 amide bonds. The first kappa shape index (κ1) is 14.8. The maximum atomic E-state index is 11.1. The Morgan fingerprint density at radius 1 is 1.60 bits per heavy atom. The van der Waals surface area contributed by atoms with Gasteiger partial charge in [0.2, 0.25) is 12.1 Å². The van der Waals surface area contributed by atoms with Crippen molar-refractivity contribution in [2.45, 2.75) is 32.7 Å². The fourth-order valence-electron chi connectivity index (χ4n) is 2.73. The average molecular weight is 281 g/mol. The molecule has 1 aromatic heterocycles. The summed E-state index contributed by atoms with van der Waals surface area (Å²) in [6, 6.07) is 0.469. The zero-order chi connectivity index (χ0) is 14.7. The summed E-state index contributed by atoms with van der Waals surface area (Å²) in [4.78, 5) is 16.7. The molecule has 2 rings (SSSR count). The van der Waals surface area contributed by atoms with Gasteiger partial charge in [-0.25, -0.2) is 0 Å². The lowest BCUT2D eigenvalue weighted by Crippen LogP contribution is -2.41. The number of anilines is 1. The van der Waals surface area contributed by atoms with Crippen LogP contribution in [0.25, 0.3) is 0 Å². The number of piperidine rings is 1. The van der Waals surface area contributed by atoms with Crippen molar-refractivity contribution in [3.05, 3.63) is 16.4 Å². The number of rotatable bonds is 5. The van der Waals surface area contributed by atoms with Crippen molar-refractivity contribution < 1.29 is 4.92 Å². The monoisotopic (exact) mass is 281 g/mol. The Morgan fingerprint density at radius 2 is 2.35 bits per heavy atom. The van der Waals surface area contributed by atoms with Crippen LogP contribution in [0.3, 0.4) is 0 Å². The Kier molecular flexibility index (Phi) is 4.59. The standard InChI is InChI=1S/C13H23N5O2/c1-10(2)14-7-11-5-4-6-17(8-11)13-12(18(19)20)15-9-16(13)3/h9-11,14H,4-8H2,1-3H3. The molecule has 7 heteroatoms. The molecule has 0 bridgehead atoms. The first-order valence-corrected chi connectivity index (χ1v) is 7.13. The molecule has 1 aromatic rings. The van der Waals surface area contributed by atoms with E-state index in [2.05, 4.69) is 29.0 Å². The summed E-state index contributed by atoms with van der Waals surface area (Å²) < 4.78 is 1.75. The van der Waals surface area contributed by atoms with Gasteiger partial charge in [-0.15, -0.1) is 0 Å². The molecule has 1 saturated heterocycles. The van der Waals surface area contributed by atoms with E-state index in [9.17, 15) is 10.1 Å². The lowest BCUT2D eigenvalue weighted by atomic mass is 9.97. The SMILES string of the molecule is CC(C)NCC1CCCN(c2c([N+](=O)[O-])ncn2C)C1. The first-order valence-electron chi connectivity index (χ1n) is 7.13. The van der Waals surface area contributed by atoms with Crippen molar-refractivity contribution in [1.29, 1.82) is 0 Å². The second-order valence-electron chi connectivity index (χ2n) is 5.78. The van der Waals surface area contributed by atoms with Gasteiger partial charge in [-0.1, -0.05) is 13.8 Å². The highest BCUT2D eigenvalue weighted by Crippen LogP contribution is 2.29. The van der Waals surface area contributed by atoms with E-state index < -0.39 is 4.92 Å². The first-order chi connectivity index (χ1) is 9.49. The molecular weight excluding hydrogens is 258 g/mol. The number of imidazole rings is 1. The van der Waals surface area contributed by atoms with Crippen molar-refractivity contribution in [2.24, 2.45) is 13.0 Å². The number of aromatic nitrogens is 2. The predicted molar refractivity (Wildman–Crippen MR) is 77.9 cm³/mol. The van der Waals surface area contributed by atoms with Crippen molar-refractivity contribution in [1.82, 2.24) is 14.9 Å². The van der Waals surface area contributed by atoms with E-state index >= 15 is 0 Å². The fraction of sp³-hybridized carbons (Fsp3) is 0.769. The van der Waals surface area contributed by atoms with Crippen LogP contribution >= 0.6 is 0 Å². The van der Waals surface area contributed by atoms with Gasteiger partial charge in [0, 0.05) is 26.2 Å². The van der Waals surface area contributed by atoms with E-state index in [0.717, 1.165) is 26.1 Å². The van der Waals surface area contributed by atoms with Gasteiger partial charge in [-0.2, -0.15) is 0 Å².